The number of hydrogen-bond donors (Lipinski definition) is 2. The van der Waals surface area contributed by atoms with Gasteiger partial charge in [-0.2, -0.15) is 0 Å². The average Bonchev–Trinajstić information content (AvgIpc) is 2.75. The summed E-state index contributed by atoms with van der Waals surface area (Å²) < 4.78 is 0. The van der Waals surface area contributed by atoms with Gasteiger partial charge in [-0.15, -0.1) is 0 Å². The van der Waals surface area contributed by atoms with Gasteiger partial charge in [0.25, 0.3) is 0 Å². The predicted octanol–water partition coefficient (Wildman–Crippen LogP) is 0.472. The number of carbonyl (C=O) groups excluding carboxylic acids is 2. The molecule has 0 saturated carbocycles. The number of carboxylic acids is 1. The second kappa shape index (κ2) is 7.11. The van der Waals surface area contributed by atoms with Gasteiger partial charge >= 0.3 is 5.97 Å². The highest BCUT2D eigenvalue weighted by atomic mass is 16.4. The van der Waals surface area contributed by atoms with Gasteiger partial charge in [0.2, 0.25) is 11.8 Å². The highest BCUT2D eigenvalue weighted by Gasteiger charge is 2.33. The van der Waals surface area contributed by atoms with Crippen LogP contribution in [0.5, 0.6) is 0 Å². The van der Waals surface area contributed by atoms with Crippen LogP contribution >= 0.6 is 0 Å². The first-order valence-electron chi connectivity index (χ1n) is 6.77. The minimum Gasteiger partial charge on any atom is -0.481 e. The molecule has 0 spiro atoms. The molecule has 19 heavy (non-hydrogen) atoms. The molecule has 0 aromatic rings. The van der Waals surface area contributed by atoms with Gasteiger partial charge in [0, 0.05) is 26.1 Å². The van der Waals surface area contributed by atoms with Gasteiger partial charge in [0.05, 0.1) is 11.8 Å². The Morgan fingerprint density at radius 1 is 1.47 bits per heavy atom. The number of nitrogens with zero attached hydrogens (tertiary/aromatic N) is 1. The summed E-state index contributed by atoms with van der Waals surface area (Å²) in [6, 6.07) is 0. The lowest BCUT2D eigenvalue weighted by molar-refractivity contribution is -0.142. The lowest BCUT2D eigenvalue weighted by atomic mass is 10.0. The molecule has 2 N–H and O–H groups in total. The summed E-state index contributed by atoms with van der Waals surface area (Å²) in [7, 11) is 0. The van der Waals surface area contributed by atoms with Gasteiger partial charge in [-0.1, -0.05) is 13.3 Å². The highest BCUT2D eigenvalue weighted by molar-refractivity contribution is 5.89. The molecule has 1 saturated heterocycles. The molecule has 6 heteroatoms. The van der Waals surface area contributed by atoms with Crippen LogP contribution in [0.2, 0.25) is 0 Å². The Morgan fingerprint density at radius 3 is 2.63 bits per heavy atom. The van der Waals surface area contributed by atoms with Gasteiger partial charge in [-0.25, -0.2) is 0 Å². The maximum atomic E-state index is 11.9. The molecule has 6 nitrogen and oxygen atoms in total. The van der Waals surface area contributed by atoms with E-state index in [1.807, 2.05) is 13.8 Å². The Morgan fingerprint density at radius 2 is 2.16 bits per heavy atom. The minimum absolute atomic E-state index is 0.00834. The number of likely N-dealkylation sites (tertiary alicyclic amines) is 1. The van der Waals surface area contributed by atoms with Crippen molar-refractivity contribution in [3.63, 3.8) is 0 Å². The lowest BCUT2D eigenvalue weighted by Gasteiger charge is -2.15. The number of aliphatic carboxylic acids is 1. The zero-order valence-corrected chi connectivity index (χ0v) is 11.5. The number of amides is 2. The molecule has 1 rings (SSSR count). The smallest absolute Gasteiger partial charge is 0.308 e. The number of carboxylic acid groups (broad SMARTS) is 1. The third kappa shape index (κ3) is 4.22. The van der Waals surface area contributed by atoms with E-state index >= 15 is 0 Å². The monoisotopic (exact) mass is 270 g/mol. The summed E-state index contributed by atoms with van der Waals surface area (Å²) >= 11 is 0. The molecule has 0 bridgehead atoms. The van der Waals surface area contributed by atoms with E-state index < -0.39 is 11.9 Å². The number of carbonyl (C=O) groups is 3. The molecule has 2 unspecified atom stereocenters. The van der Waals surface area contributed by atoms with Gasteiger partial charge in [0.1, 0.15) is 0 Å². The second-order valence-electron chi connectivity index (χ2n) is 4.90. The topological polar surface area (TPSA) is 86.7 Å². The van der Waals surface area contributed by atoms with E-state index in [0.717, 1.165) is 6.42 Å². The molecular formula is C13H22N2O4. The maximum absolute atomic E-state index is 11.9. The molecule has 2 amide bonds. The van der Waals surface area contributed by atoms with Gasteiger partial charge < -0.3 is 15.3 Å². The van der Waals surface area contributed by atoms with Crippen molar-refractivity contribution in [3.8, 4) is 0 Å². The quantitative estimate of drug-likeness (QED) is 0.704. The Balaban J connectivity index is 2.43. The number of rotatable bonds is 7. The average molecular weight is 270 g/mol. The minimum atomic E-state index is -0.889. The van der Waals surface area contributed by atoms with Crippen LogP contribution in [0.1, 0.15) is 33.1 Å². The van der Waals surface area contributed by atoms with Gasteiger partial charge in [-0.05, 0) is 13.3 Å². The molecule has 0 radical (unpaired) electrons. The zero-order chi connectivity index (χ0) is 14.4. The van der Waals surface area contributed by atoms with Crippen molar-refractivity contribution >= 4 is 17.8 Å². The Bertz CT molecular complexity index is 357. The van der Waals surface area contributed by atoms with E-state index in [0.29, 0.717) is 19.5 Å². The molecule has 1 heterocycles. The first-order chi connectivity index (χ1) is 8.99. The Labute approximate surface area is 113 Å². The highest BCUT2D eigenvalue weighted by Crippen LogP contribution is 2.17. The molecule has 0 aromatic carbocycles. The zero-order valence-electron chi connectivity index (χ0n) is 11.5. The van der Waals surface area contributed by atoms with Crippen molar-refractivity contribution in [2.45, 2.75) is 33.1 Å². The van der Waals surface area contributed by atoms with Crippen LogP contribution in [0.15, 0.2) is 0 Å². The fourth-order valence-electron chi connectivity index (χ4n) is 2.28. The number of hydrogen-bond acceptors (Lipinski definition) is 3. The van der Waals surface area contributed by atoms with Crippen molar-refractivity contribution in [3.05, 3.63) is 0 Å². The Hall–Kier alpha value is -1.59. The molecule has 0 aliphatic carbocycles. The normalized spacial score (nSPS) is 20.4. The first-order valence-corrected chi connectivity index (χ1v) is 6.77. The Kier molecular flexibility index (Phi) is 5.79. The van der Waals surface area contributed by atoms with Crippen LogP contribution in [0.4, 0.5) is 0 Å². The fraction of sp³-hybridized carbons (Fsp3) is 0.769. The van der Waals surface area contributed by atoms with Crippen molar-refractivity contribution in [2.75, 3.05) is 19.6 Å². The standard InChI is InChI=1S/C13H22N2O4/c1-3-5-9(13(18)19)7-14-12(17)10-6-11(16)15(4-2)8-10/h9-10H,3-8H2,1-2H3,(H,14,17)(H,18,19). The molecule has 1 fully saturated rings. The summed E-state index contributed by atoms with van der Waals surface area (Å²) in [6.07, 6.45) is 1.53. The molecular weight excluding hydrogens is 248 g/mol. The second-order valence-corrected chi connectivity index (χ2v) is 4.90. The SMILES string of the molecule is CCCC(CNC(=O)C1CC(=O)N(CC)C1)C(=O)O. The molecule has 1 aliphatic heterocycles. The van der Waals surface area contributed by atoms with Crippen LogP contribution in [-0.2, 0) is 14.4 Å². The summed E-state index contributed by atoms with van der Waals surface area (Å²) in [5.41, 5.74) is 0. The largest absolute Gasteiger partial charge is 0.481 e. The third-order valence-corrected chi connectivity index (χ3v) is 3.48. The van der Waals surface area contributed by atoms with Gasteiger partial charge in [0.15, 0.2) is 0 Å². The van der Waals surface area contributed by atoms with E-state index in [-0.39, 0.29) is 30.7 Å². The van der Waals surface area contributed by atoms with Crippen LogP contribution in [0.25, 0.3) is 0 Å². The van der Waals surface area contributed by atoms with Crippen molar-refractivity contribution in [1.29, 1.82) is 0 Å². The van der Waals surface area contributed by atoms with Crippen LogP contribution in [0.3, 0.4) is 0 Å². The van der Waals surface area contributed by atoms with E-state index in [2.05, 4.69) is 5.32 Å². The molecule has 0 aromatic heterocycles. The van der Waals surface area contributed by atoms with E-state index in [4.69, 9.17) is 5.11 Å². The van der Waals surface area contributed by atoms with Crippen molar-refractivity contribution in [1.82, 2.24) is 10.2 Å². The summed E-state index contributed by atoms with van der Waals surface area (Å²) in [6.45, 7) is 4.97. The van der Waals surface area contributed by atoms with Crippen molar-refractivity contribution < 1.29 is 19.5 Å². The van der Waals surface area contributed by atoms with Crippen LogP contribution < -0.4 is 5.32 Å². The summed E-state index contributed by atoms with van der Waals surface area (Å²) in [4.78, 5) is 36.0. The predicted molar refractivity (Wildman–Crippen MR) is 69.4 cm³/mol. The van der Waals surface area contributed by atoms with Crippen LogP contribution in [0, 0.1) is 11.8 Å². The van der Waals surface area contributed by atoms with E-state index in [1.54, 1.807) is 4.90 Å². The fourth-order valence-corrected chi connectivity index (χ4v) is 2.28. The third-order valence-electron chi connectivity index (χ3n) is 3.48. The lowest BCUT2D eigenvalue weighted by Crippen LogP contribution is -2.37. The first kappa shape index (κ1) is 15.5. The number of nitrogens with one attached hydrogen (secondary N) is 1. The summed E-state index contributed by atoms with van der Waals surface area (Å²) in [5.74, 6) is -2.01. The van der Waals surface area contributed by atoms with E-state index in [1.165, 1.54) is 0 Å². The van der Waals surface area contributed by atoms with E-state index in [9.17, 15) is 14.4 Å². The van der Waals surface area contributed by atoms with Gasteiger partial charge in [-0.3, -0.25) is 14.4 Å². The molecule has 2 atom stereocenters. The maximum Gasteiger partial charge on any atom is 0.308 e. The summed E-state index contributed by atoms with van der Waals surface area (Å²) in [5, 5.41) is 11.6. The van der Waals surface area contributed by atoms with Crippen LogP contribution in [-0.4, -0.2) is 47.4 Å². The van der Waals surface area contributed by atoms with Crippen molar-refractivity contribution in [2.24, 2.45) is 11.8 Å². The molecule has 108 valence electrons. The molecule has 1 aliphatic rings.